The van der Waals surface area contributed by atoms with Crippen LogP contribution in [0.5, 0.6) is 0 Å². The Kier molecular flexibility index (Phi) is 4.85. The van der Waals surface area contributed by atoms with Gasteiger partial charge in [0, 0.05) is 26.3 Å². The van der Waals surface area contributed by atoms with Gasteiger partial charge in [-0.15, -0.1) is 0 Å². The first-order valence-electron chi connectivity index (χ1n) is 7.16. The van der Waals surface area contributed by atoms with E-state index in [-0.39, 0.29) is 0 Å². The van der Waals surface area contributed by atoms with Gasteiger partial charge in [0.15, 0.2) is 5.82 Å². The Hall–Kier alpha value is -1.25. The van der Waals surface area contributed by atoms with Gasteiger partial charge in [0.1, 0.15) is 0 Å². The molecule has 3 nitrogen and oxygen atoms in total. The van der Waals surface area contributed by atoms with E-state index in [4.69, 9.17) is 0 Å². The third-order valence-corrected chi connectivity index (χ3v) is 3.68. The summed E-state index contributed by atoms with van der Waals surface area (Å²) in [6, 6.07) is 4.77. The van der Waals surface area contributed by atoms with Gasteiger partial charge < -0.3 is 10.2 Å². The fraction of sp³-hybridized carbons (Fsp3) is 0.667. The van der Waals surface area contributed by atoms with Crippen LogP contribution < -0.4 is 10.2 Å². The molecule has 0 amide bonds. The fourth-order valence-electron chi connectivity index (χ4n) is 2.69. The SMILES string of the molecule is CN(C)c1ncccc1NC1CCCCCCC1. The van der Waals surface area contributed by atoms with Crippen molar-refractivity contribution < 1.29 is 0 Å². The first kappa shape index (κ1) is 13.2. The van der Waals surface area contributed by atoms with Gasteiger partial charge >= 0.3 is 0 Å². The predicted octanol–water partition coefficient (Wildman–Crippen LogP) is 3.67. The Labute approximate surface area is 111 Å². The van der Waals surface area contributed by atoms with E-state index in [9.17, 15) is 0 Å². The van der Waals surface area contributed by atoms with Crippen LogP contribution in [0.1, 0.15) is 44.9 Å². The number of hydrogen-bond acceptors (Lipinski definition) is 3. The third-order valence-electron chi connectivity index (χ3n) is 3.68. The van der Waals surface area contributed by atoms with Gasteiger partial charge in [0.25, 0.3) is 0 Å². The van der Waals surface area contributed by atoms with Crippen molar-refractivity contribution in [3.63, 3.8) is 0 Å². The molecule has 1 fully saturated rings. The molecule has 1 heterocycles. The number of nitrogens with zero attached hydrogens (tertiary/aromatic N) is 2. The van der Waals surface area contributed by atoms with Crippen molar-refractivity contribution in [2.45, 2.75) is 51.0 Å². The maximum atomic E-state index is 4.45. The van der Waals surface area contributed by atoms with Gasteiger partial charge in [-0.05, 0) is 25.0 Å². The molecule has 1 aliphatic carbocycles. The van der Waals surface area contributed by atoms with Crippen molar-refractivity contribution in [2.75, 3.05) is 24.3 Å². The van der Waals surface area contributed by atoms with Crippen LogP contribution in [0.15, 0.2) is 18.3 Å². The second-order valence-electron chi connectivity index (χ2n) is 5.46. The van der Waals surface area contributed by atoms with E-state index in [1.165, 1.54) is 50.6 Å². The summed E-state index contributed by atoms with van der Waals surface area (Å²) >= 11 is 0. The lowest BCUT2D eigenvalue weighted by molar-refractivity contribution is 0.471. The average Bonchev–Trinajstić information content (AvgIpc) is 2.33. The molecule has 0 unspecified atom stereocenters. The Balaban J connectivity index is 2.02. The molecule has 1 saturated carbocycles. The molecule has 1 aromatic rings. The molecule has 1 aromatic heterocycles. The summed E-state index contributed by atoms with van der Waals surface area (Å²) in [5.74, 6) is 1.04. The number of anilines is 2. The Morgan fingerprint density at radius 2 is 1.78 bits per heavy atom. The van der Waals surface area contributed by atoms with Gasteiger partial charge in [-0.3, -0.25) is 0 Å². The van der Waals surface area contributed by atoms with Crippen LogP contribution >= 0.6 is 0 Å². The molecule has 0 aliphatic heterocycles. The highest BCUT2D eigenvalue weighted by Crippen LogP contribution is 2.25. The molecule has 0 spiro atoms. The molecule has 18 heavy (non-hydrogen) atoms. The van der Waals surface area contributed by atoms with Crippen LogP contribution in [-0.4, -0.2) is 25.1 Å². The van der Waals surface area contributed by atoms with Crippen LogP contribution in [0.2, 0.25) is 0 Å². The lowest BCUT2D eigenvalue weighted by atomic mass is 9.96. The zero-order valence-corrected chi connectivity index (χ0v) is 11.7. The van der Waals surface area contributed by atoms with E-state index >= 15 is 0 Å². The summed E-state index contributed by atoms with van der Waals surface area (Å²) in [5, 5.41) is 3.69. The Bertz CT molecular complexity index is 355. The summed E-state index contributed by atoms with van der Waals surface area (Å²) in [6.45, 7) is 0. The molecule has 0 radical (unpaired) electrons. The third kappa shape index (κ3) is 3.62. The second-order valence-corrected chi connectivity index (χ2v) is 5.46. The number of rotatable bonds is 3. The summed E-state index contributed by atoms with van der Waals surface area (Å²) < 4.78 is 0. The van der Waals surface area contributed by atoms with Crippen LogP contribution in [0.3, 0.4) is 0 Å². The summed E-state index contributed by atoms with van der Waals surface area (Å²) in [6.07, 6.45) is 11.4. The fourth-order valence-corrected chi connectivity index (χ4v) is 2.69. The maximum absolute atomic E-state index is 4.45. The van der Waals surface area contributed by atoms with E-state index in [0.717, 1.165) is 5.82 Å². The minimum atomic E-state index is 0.619. The van der Waals surface area contributed by atoms with Crippen molar-refractivity contribution >= 4 is 11.5 Å². The molecule has 0 atom stereocenters. The van der Waals surface area contributed by atoms with E-state index in [2.05, 4.69) is 21.3 Å². The van der Waals surface area contributed by atoms with Crippen LogP contribution in [0.4, 0.5) is 11.5 Å². The molecule has 1 N–H and O–H groups in total. The molecule has 2 rings (SSSR count). The molecule has 0 aromatic carbocycles. The van der Waals surface area contributed by atoms with Crippen molar-refractivity contribution in [1.29, 1.82) is 0 Å². The molecule has 0 saturated heterocycles. The second kappa shape index (κ2) is 6.62. The largest absolute Gasteiger partial charge is 0.379 e. The van der Waals surface area contributed by atoms with E-state index in [0.29, 0.717) is 6.04 Å². The monoisotopic (exact) mass is 247 g/mol. The van der Waals surface area contributed by atoms with E-state index in [1.54, 1.807) is 0 Å². The Morgan fingerprint density at radius 3 is 2.44 bits per heavy atom. The first-order valence-corrected chi connectivity index (χ1v) is 7.16. The van der Waals surface area contributed by atoms with E-state index < -0.39 is 0 Å². The van der Waals surface area contributed by atoms with Crippen molar-refractivity contribution in [3.8, 4) is 0 Å². The average molecular weight is 247 g/mol. The zero-order valence-electron chi connectivity index (χ0n) is 11.7. The molecule has 0 bridgehead atoms. The molecular weight excluding hydrogens is 222 g/mol. The zero-order chi connectivity index (χ0) is 12.8. The highest BCUT2D eigenvalue weighted by atomic mass is 15.2. The first-order chi connectivity index (χ1) is 8.77. The summed E-state index contributed by atoms with van der Waals surface area (Å²) in [7, 11) is 4.09. The Morgan fingerprint density at radius 1 is 1.11 bits per heavy atom. The highest BCUT2D eigenvalue weighted by molar-refractivity contribution is 5.65. The number of pyridine rings is 1. The van der Waals surface area contributed by atoms with Gasteiger partial charge in [0.05, 0.1) is 5.69 Å². The highest BCUT2D eigenvalue weighted by Gasteiger charge is 2.13. The number of hydrogen-bond donors (Lipinski definition) is 1. The number of aromatic nitrogens is 1. The normalized spacial score (nSPS) is 17.9. The van der Waals surface area contributed by atoms with Gasteiger partial charge in [-0.2, -0.15) is 0 Å². The number of nitrogens with one attached hydrogen (secondary N) is 1. The van der Waals surface area contributed by atoms with Gasteiger partial charge in [-0.1, -0.05) is 32.1 Å². The van der Waals surface area contributed by atoms with Crippen molar-refractivity contribution in [1.82, 2.24) is 4.98 Å². The van der Waals surface area contributed by atoms with Gasteiger partial charge in [0.2, 0.25) is 0 Å². The predicted molar refractivity (Wildman–Crippen MR) is 78.3 cm³/mol. The lowest BCUT2D eigenvalue weighted by Crippen LogP contribution is -2.23. The smallest absolute Gasteiger partial charge is 0.151 e. The van der Waals surface area contributed by atoms with E-state index in [1.807, 2.05) is 26.4 Å². The molecular formula is C15H25N3. The summed E-state index contributed by atoms with van der Waals surface area (Å²) in [4.78, 5) is 6.52. The quantitative estimate of drug-likeness (QED) is 0.883. The van der Waals surface area contributed by atoms with Crippen LogP contribution in [-0.2, 0) is 0 Å². The standard InChI is InChI=1S/C15H25N3/c1-18(2)15-14(11-8-12-16-15)17-13-9-6-4-3-5-7-10-13/h8,11-13,17H,3-7,9-10H2,1-2H3. The lowest BCUT2D eigenvalue weighted by Gasteiger charge is -2.24. The molecule has 1 aliphatic rings. The molecule has 3 heteroatoms. The minimum absolute atomic E-state index is 0.619. The van der Waals surface area contributed by atoms with Crippen molar-refractivity contribution in [2.24, 2.45) is 0 Å². The maximum Gasteiger partial charge on any atom is 0.151 e. The minimum Gasteiger partial charge on any atom is -0.379 e. The van der Waals surface area contributed by atoms with Gasteiger partial charge in [-0.25, -0.2) is 4.98 Å². The van der Waals surface area contributed by atoms with Crippen LogP contribution in [0.25, 0.3) is 0 Å². The molecule has 100 valence electrons. The summed E-state index contributed by atoms with van der Waals surface area (Å²) in [5.41, 5.74) is 1.17. The topological polar surface area (TPSA) is 28.2 Å². The van der Waals surface area contributed by atoms with Crippen LogP contribution in [0, 0.1) is 0 Å². The van der Waals surface area contributed by atoms with Crippen molar-refractivity contribution in [3.05, 3.63) is 18.3 Å².